The van der Waals surface area contributed by atoms with Crippen molar-refractivity contribution in [1.29, 1.82) is 0 Å². The van der Waals surface area contributed by atoms with Crippen molar-refractivity contribution < 1.29 is 0 Å². The zero-order chi connectivity index (χ0) is 9.03. The van der Waals surface area contributed by atoms with Crippen molar-refractivity contribution in [1.82, 2.24) is 5.32 Å². The maximum atomic E-state index is 3.59. The van der Waals surface area contributed by atoms with Gasteiger partial charge in [0.2, 0.25) is 0 Å². The molecule has 1 heteroatoms. The van der Waals surface area contributed by atoms with E-state index in [1.54, 1.807) is 0 Å². The molecule has 1 nitrogen and oxygen atoms in total. The van der Waals surface area contributed by atoms with Gasteiger partial charge in [-0.15, -0.1) is 0 Å². The van der Waals surface area contributed by atoms with Crippen molar-refractivity contribution in [2.24, 2.45) is 5.41 Å². The number of hydrogen-bond acceptors (Lipinski definition) is 1. The van der Waals surface area contributed by atoms with Crippen molar-refractivity contribution in [2.45, 2.75) is 46.1 Å². The van der Waals surface area contributed by atoms with Crippen LogP contribution in [0.5, 0.6) is 0 Å². The Morgan fingerprint density at radius 2 is 2.25 bits per heavy atom. The van der Waals surface area contributed by atoms with Crippen molar-refractivity contribution in [2.75, 3.05) is 6.54 Å². The van der Waals surface area contributed by atoms with Crippen LogP contribution in [0.1, 0.15) is 40.0 Å². The fourth-order valence-corrected chi connectivity index (χ4v) is 2.03. The minimum Gasteiger partial charge on any atom is -0.310 e. The highest BCUT2D eigenvalue weighted by molar-refractivity contribution is 4.92. The minimum atomic E-state index is 0.515. The predicted octanol–water partition coefficient (Wildman–Crippen LogP) is 2.73. The van der Waals surface area contributed by atoms with Crippen LogP contribution in [-0.4, -0.2) is 12.6 Å². The Balaban J connectivity index is 2.31. The van der Waals surface area contributed by atoms with Crippen LogP contribution in [0.3, 0.4) is 0 Å². The number of hydrogen-bond donors (Lipinski definition) is 1. The summed E-state index contributed by atoms with van der Waals surface area (Å²) in [5.74, 6) is 0. The molecule has 1 N–H and O–H groups in total. The lowest BCUT2D eigenvalue weighted by atomic mass is 9.87. The second kappa shape index (κ2) is 4.08. The molecule has 12 heavy (non-hydrogen) atoms. The van der Waals surface area contributed by atoms with Gasteiger partial charge in [-0.1, -0.05) is 32.4 Å². The molecule has 0 spiro atoms. The number of allylic oxidation sites excluding steroid dienone is 1. The summed E-state index contributed by atoms with van der Waals surface area (Å²) < 4.78 is 0. The third-order valence-corrected chi connectivity index (χ3v) is 2.98. The molecule has 0 aliphatic heterocycles. The molecule has 1 aliphatic carbocycles. The van der Waals surface area contributed by atoms with E-state index in [-0.39, 0.29) is 0 Å². The lowest BCUT2D eigenvalue weighted by Crippen LogP contribution is -2.37. The van der Waals surface area contributed by atoms with Crippen molar-refractivity contribution in [3.63, 3.8) is 0 Å². The highest BCUT2D eigenvalue weighted by Gasteiger charge is 2.33. The molecule has 0 heterocycles. The van der Waals surface area contributed by atoms with Crippen molar-refractivity contribution in [3.05, 3.63) is 12.2 Å². The minimum absolute atomic E-state index is 0.515. The standard InChI is InChI=1S/C11H21N/c1-4-5-9-12-10-7-6-8-11(10,2)3/h4-5,10,12H,6-9H2,1-3H3/b5-4+. The van der Waals surface area contributed by atoms with Gasteiger partial charge in [0.1, 0.15) is 0 Å². The molecule has 0 bridgehead atoms. The molecule has 1 aliphatic rings. The molecule has 1 rings (SSSR count). The highest BCUT2D eigenvalue weighted by Crippen LogP contribution is 2.36. The highest BCUT2D eigenvalue weighted by atomic mass is 14.9. The Morgan fingerprint density at radius 3 is 2.75 bits per heavy atom. The van der Waals surface area contributed by atoms with E-state index in [9.17, 15) is 0 Å². The van der Waals surface area contributed by atoms with E-state index in [0.717, 1.165) is 12.6 Å². The van der Waals surface area contributed by atoms with Crippen LogP contribution in [0.4, 0.5) is 0 Å². The summed E-state index contributed by atoms with van der Waals surface area (Å²) in [5, 5.41) is 3.59. The molecule has 0 aromatic heterocycles. The van der Waals surface area contributed by atoms with Crippen LogP contribution in [0, 0.1) is 5.41 Å². The molecule has 0 amide bonds. The topological polar surface area (TPSA) is 12.0 Å². The monoisotopic (exact) mass is 167 g/mol. The smallest absolute Gasteiger partial charge is 0.0137 e. The maximum absolute atomic E-state index is 3.59. The quantitative estimate of drug-likeness (QED) is 0.637. The average molecular weight is 167 g/mol. The summed E-state index contributed by atoms with van der Waals surface area (Å²) in [6.45, 7) is 7.84. The van der Waals surface area contributed by atoms with Gasteiger partial charge < -0.3 is 5.32 Å². The predicted molar refractivity (Wildman–Crippen MR) is 54.2 cm³/mol. The third kappa shape index (κ3) is 2.34. The summed E-state index contributed by atoms with van der Waals surface area (Å²) in [4.78, 5) is 0. The summed E-state index contributed by atoms with van der Waals surface area (Å²) in [5.41, 5.74) is 0.515. The van der Waals surface area contributed by atoms with E-state index >= 15 is 0 Å². The largest absolute Gasteiger partial charge is 0.310 e. The Bertz CT molecular complexity index is 158. The normalized spacial score (nSPS) is 28.4. The third-order valence-electron chi connectivity index (χ3n) is 2.98. The molecule has 0 aromatic carbocycles. The molecule has 0 saturated heterocycles. The molecular formula is C11H21N. The van der Waals surface area contributed by atoms with Crippen LogP contribution in [0.25, 0.3) is 0 Å². The fraction of sp³-hybridized carbons (Fsp3) is 0.818. The van der Waals surface area contributed by atoms with Crippen LogP contribution in [-0.2, 0) is 0 Å². The second-order valence-corrected chi connectivity index (χ2v) is 4.41. The molecule has 1 fully saturated rings. The van der Waals surface area contributed by atoms with E-state index in [1.165, 1.54) is 19.3 Å². The Labute approximate surface area is 76.2 Å². The SMILES string of the molecule is C/C=C/CNC1CCCC1(C)C. The summed E-state index contributed by atoms with van der Waals surface area (Å²) >= 11 is 0. The van der Waals surface area contributed by atoms with Gasteiger partial charge in [-0.25, -0.2) is 0 Å². The van der Waals surface area contributed by atoms with Gasteiger partial charge in [-0.3, -0.25) is 0 Å². The van der Waals surface area contributed by atoms with Gasteiger partial charge in [-0.2, -0.15) is 0 Å². The molecule has 1 atom stereocenters. The van der Waals surface area contributed by atoms with Gasteiger partial charge in [0, 0.05) is 12.6 Å². The van der Waals surface area contributed by atoms with Gasteiger partial charge in [0.05, 0.1) is 0 Å². The molecular weight excluding hydrogens is 146 g/mol. The molecule has 1 unspecified atom stereocenters. The lowest BCUT2D eigenvalue weighted by molar-refractivity contribution is 0.291. The summed E-state index contributed by atoms with van der Waals surface area (Å²) in [6.07, 6.45) is 8.41. The van der Waals surface area contributed by atoms with E-state index in [1.807, 2.05) is 0 Å². The van der Waals surface area contributed by atoms with Gasteiger partial charge in [-0.05, 0) is 25.2 Å². The number of rotatable bonds is 3. The Hall–Kier alpha value is -0.300. The van der Waals surface area contributed by atoms with Crippen LogP contribution >= 0.6 is 0 Å². The average Bonchev–Trinajstić information content (AvgIpc) is 2.32. The van der Waals surface area contributed by atoms with Crippen LogP contribution in [0.2, 0.25) is 0 Å². The first kappa shape index (κ1) is 9.79. The maximum Gasteiger partial charge on any atom is 0.0137 e. The number of nitrogens with one attached hydrogen (secondary N) is 1. The molecule has 70 valence electrons. The molecule has 1 saturated carbocycles. The molecule has 0 aromatic rings. The van der Waals surface area contributed by atoms with Gasteiger partial charge in [0.25, 0.3) is 0 Å². The Morgan fingerprint density at radius 1 is 1.50 bits per heavy atom. The van der Waals surface area contributed by atoms with Crippen LogP contribution in [0.15, 0.2) is 12.2 Å². The van der Waals surface area contributed by atoms with Gasteiger partial charge >= 0.3 is 0 Å². The first-order valence-electron chi connectivity index (χ1n) is 5.01. The van der Waals surface area contributed by atoms with Gasteiger partial charge in [0.15, 0.2) is 0 Å². The van der Waals surface area contributed by atoms with E-state index in [4.69, 9.17) is 0 Å². The fourth-order valence-electron chi connectivity index (χ4n) is 2.03. The Kier molecular flexibility index (Phi) is 3.33. The lowest BCUT2D eigenvalue weighted by Gasteiger charge is -2.27. The molecule has 0 radical (unpaired) electrons. The zero-order valence-electron chi connectivity index (χ0n) is 8.56. The summed E-state index contributed by atoms with van der Waals surface area (Å²) in [7, 11) is 0. The van der Waals surface area contributed by atoms with Crippen LogP contribution < -0.4 is 5.32 Å². The van der Waals surface area contributed by atoms with E-state index in [2.05, 4.69) is 38.2 Å². The zero-order valence-corrected chi connectivity index (χ0v) is 8.56. The first-order chi connectivity index (χ1) is 5.67. The first-order valence-corrected chi connectivity index (χ1v) is 5.01. The van der Waals surface area contributed by atoms with E-state index in [0.29, 0.717) is 5.41 Å². The van der Waals surface area contributed by atoms with Crippen molar-refractivity contribution >= 4 is 0 Å². The van der Waals surface area contributed by atoms with Crippen molar-refractivity contribution in [3.8, 4) is 0 Å². The summed E-state index contributed by atoms with van der Waals surface area (Å²) in [6, 6.07) is 0.730. The second-order valence-electron chi connectivity index (χ2n) is 4.41. The van der Waals surface area contributed by atoms with E-state index < -0.39 is 0 Å².